The van der Waals surface area contributed by atoms with Crippen LogP contribution in [0.3, 0.4) is 0 Å². The van der Waals surface area contributed by atoms with Gasteiger partial charge in [0.1, 0.15) is 5.56 Å². The van der Waals surface area contributed by atoms with Crippen molar-refractivity contribution < 1.29 is 9.72 Å². The van der Waals surface area contributed by atoms with E-state index in [1.807, 2.05) is 0 Å². The quantitative estimate of drug-likeness (QED) is 0.651. The van der Waals surface area contributed by atoms with Gasteiger partial charge < -0.3 is 10.6 Å². The van der Waals surface area contributed by atoms with Crippen LogP contribution in [0.5, 0.6) is 0 Å². The molecule has 1 aromatic carbocycles. The molecular weight excluding hydrogens is 258 g/mol. The molecule has 1 amide bonds. The van der Waals surface area contributed by atoms with E-state index in [4.69, 9.17) is 0 Å². The van der Waals surface area contributed by atoms with Crippen LogP contribution in [0.25, 0.3) is 0 Å². The molecule has 6 nitrogen and oxygen atoms in total. The highest BCUT2D eigenvalue weighted by atomic mass is 16.6. The van der Waals surface area contributed by atoms with Crippen LogP contribution in [0.2, 0.25) is 0 Å². The predicted octanol–water partition coefficient (Wildman–Crippen LogP) is 1.78. The van der Waals surface area contributed by atoms with Gasteiger partial charge in [-0.05, 0) is 32.4 Å². The topological polar surface area (TPSA) is 84.3 Å². The fourth-order valence-electron chi connectivity index (χ4n) is 2.49. The van der Waals surface area contributed by atoms with Gasteiger partial charge in [0, 0.05) is 18.2 Å². The van der Waals surface area contributed by atoms with Gasteiger partial charge >= 0.3 is 0 Å². The molecule has 1 aliphatic heterocycles. The molecule has 2 rings (SSSR count). The van der Waals surface area contributed by atoms with Crippen molar-refractivity contribution in [2.75, 3.05) is 13.1 Å². The Balaban J connectivity index is 2.16. The number of hydrogen-bond donors (Lipinski definition) is 2. The summed E-state index contributed by atoms with van der Waals surface area (Å²) in [4.78, 5) is 22.9. The van der Waals surface area contributed by atoms with Crippen LogP contribution in [0.15, 0.2) is 18.2 Å². The molecule has 108 valence electrons. The summed E-state index contributed by atoms with van der Waals surface area (Å²) in [5, 5.41) is 17.3. The number of rotatable bonds is 3. The molecule has 0 bridgehead atoms. The van der Waals surface area contributed by atoms with Crippen LogP contribution >= 0.6 is 0 Å². The van der Waals surface area contributed by atoms with E-state index in [1.54, 1.807) is 19.1 Å². The average Bonchev–Trinajstić information content (AvgIpc) is 2.66. The molecule has 1 fully saturated rings. The van der Waals surface area contributed by atoms with Crippen LogP contribution in [-0.4, -0.2) is 30.0 Å². The molecule has 6 heteroatoms. The molecule has 1 atom stereocenters. The van der Waals surface area contributed by atoms with Crippen LogP contribution in [0.4, 0.5) is 5.69 Å². The lowest BCUT2D eigenvalue weighted by Crippen LogP contribution is -2.41. The van der Waals surface area contributed by atoms with Gasteiger partial charge in [-0.15, -0.1) is 0 Å². The summed E-state index contributed by atoms with van der Waals surface area (Å²) < 4.78 is 0. The van der Waals surface area contributed by atoms with E-state index in [1.165, 1.54) is 6.07 Å². The normalized spacial score (nSPS) is 19.1. The number of nitrogens with one attached hydrogen (secondary N) is 2. The second-order valence-electron chi connectivity index (χ2n) is 5.10. The zero-order valence-corrected chi connectivity index (χ0v) is 11.5. The predicted molar refractivity (Wildman–Crippen MR) is 75.8 cm³/mol. The number of amides is 1. The Kier molecular flexibility index (Phi) is 4.68. The number of carbonyl (C=O) groups is 1. The standard InChI is InChI=1S/C14H19N3O3/c1-10-5-4-7-12(13(10)17(19)20)14(18)16-11-6-2-3-8-15-9-11/h4-5,7,11,15H,2-3,6,8-9H2,1H3,(H,16,18). The first kappa shape index (κ1) is 14.5. The largest absolute Gasteiger partial charge is 0.348 e. The summed E-state index contributed by atoms with van der Waals surface area (Å²) in [6, 6.07) is 4.85. The highest BCUT2D eigenvalue weighted by Gasteiger charge is 2.24. The van der Waals surface area contributed by atoms with Crippen LogP contribution in [0, 0.1) is 17.0 Å². The van der Waals surface area contributed by atoms with E-state index in [2.05, 4.69) is 10.6 Å². The van der Waals surface area contributed by atoms with Gasteiger partial charge in [-0.1, -0.05) is 18.6 Å². The summed E-state index contributed by atoms with van der Waals surface area (Å²) in [6.45, 7) is 3.31. The zero-order chi connectivity index (χ0) is 14.5. The maximum absolute atomic E-state index is 12.3. The number of nitro benzene ring substituents is 1. The summed E-state index contributed by atoms with van der Waals surface area (Å²) in [5.41, 5.74) is 0.535. The van der Waals surface area contributed by atoms with Crippen molar-refractivity contribution in [1.82, 2.24) is 10.6 Å². The van der Waals surface area contributed by atoms with Crippen molar-refractivity contribution in [1.29, 1.82) is 0 Å². The minimum atomic E-state index is -0.490. The highest BCUT2D eigenvalue weighted by molar-refractivity contribution is 5.98. The average molecular weight is 277 g/mol. The third-order valence-corrected chi connectivity index (χ3v) is 3.55. The van der Waals surface area contributed by atoms with Gasteiger partial charge in [-0.25, -0.2) is 0 Å². The molecule has 0 aliphatic carbocycles. The number of hydrogen-bond acceptors (Lipinski definition) is 4. The van der Waals surface area contributed by atoms with E-state index in [0.717, 1.165) is 25.8 Å². The molecule has 1 heterocycles. The van der Waals surface area contributed by atoms with E-state index in [9.17, 15) is 14.9 Å². The van der Waals surface area contributed by atoms with Crippen LogP contribution < -0.4 is 10.6 Å². The molecule has 20 heavy (non-hydrogen) atoms. The van der Waals surface area contributed by atoms with Crippen molar-refractivity contribution in [3.05, 3.63) is 39.4 Å². The smallest absolute Gasteiger partial charge is 0.285 e. The molecule has 1 aromatic rings. The maximum Gasteiger partial charge on any atom is 0.285 e. The summed E-state index contributed by atoms with van der Waals surface area (Å²) in [5.74, 6) is -0.367. The zero-order valence-electron chi connectivity index (χ0n) is 11.5. The highest BCUT2D eigenvalue weighted by Crippen LogP contribution is 2.23. The molecule has 1 saturated heterocycles. The molecule has 0 aromatic heterocycles. The summed E-state index contributed by atoms with van der Waals surface area (Å²) in [7, 11) is 0. The van der Waals surface area contributed by atoms with Crippen molar-refractivity contribution in [2.45, 2.75) is 32.2 Å². The van der Waals surface area contributed by atoms with Crippen molar-refractivity contribution in [2.24, 2.45) is 0 Å². The molecule has 1 unspecified atom stereocenters. The summed E-state index contributed by atoms with van der Waals surface area (Å²) >= 11 is 0. The number of nitrogens with zero attached hydrogens (tertiary/aromatic N) is 1. The van der Waals surface area contributed by atoms with Gasteiger partial charge in [-0.3, -0.25) is 14.9 Å². The minimum Gasteiger partial charge on any atom is -0.348 e. The van der Waals surface area contributed by atoms with Gasteiger partial charge in [-0.2, -0.15) is 0 Å². The third-order valence-electron chi connectivity index (χ3n) is 3.55. The molecule has 2 N–H and O–H groups in total. The second kappa shape index (κ2) is 6.47. The van der Waals surface area contributed by atoms with E-state index >= 15 is 0 Å². The molecule has 0 spiro atoms. The fraction of sp³-hybridized carbons (Fsp3) is 0.500. The fourth-order valence-corrected chi connectivity index (χ4v) is 2.49. The second-order valence-corrected chi connectivity index (χ2v) is 5.10. The Labute approximate surface area is 117 Å². The van der Waals surface area contributed by atoms with Gasteiger partial charge in [0.2, 0.25) is 0 Å². The first-order valence-corrected chi connectivity index (χ1v) is 6.85. The maximum atomic E-state index is 12.3. The first-order valence-electron chi connectivity index (χ1n) is 6.85. The van der Waals surface area contributed by atoms with E-state index < -0.39 is 4.92 Å². The van der Waals surface area contributed by atoms with Crippen LogP contribution in [-0.2, 0) is 0 Å². The Morgan fingerprint density at radius 2 is 2.25 bits per heavy atom. The number of benzene rings is 1. The van der Waals surface area contributed by atoms with Gasteiger partial charge in [0.15, 0.2) is 0 Å². The Hall–Kier alpha value is -1.95. The Bertz CT molecular complexity index is 508. The van der Waals surface area contributed by atoms with E-state index in [0.29, 0.717) is 12.1 Å². The van der Waals surface area contributed by atoms with Crippen molar-refractivity contribution in [3.8, 4) is 0 Å². The molecule has 0 radical (unpaired) electrons. The van der Waals surface area contributed by atoms with E-state index in [-0.39, 0.29) is 23.2 Å². The monoisotopic (exact) mass is 277 g/mol. The minimum absolute atomic E-state index is 0.0325. The Morgan fingerprint density at radius 3 is 3.00 bits per heavy atom. The van der Waals surface area contributed by atoms with Gasteiger partial charge in [0.05, 0.1) is 4.92 Å². The first-order chi connectivity index (χ1) is 9.59. The number of carbonyl (C=O) groups excluding carboxylic acids is 1. The van der Waals surface area contributed by atoms with Gasteiger partial charge in [0.25, 0.3) is 11.6 Å². The SMILES string of the molecule is Cc1cccc(C(=O)NC2CCCCNC2)c1[N+](=O)[O-]. The lowest BCUT2D eigenvalue weighted by atomic mass is 10.1. The third kappa shape index (κ3) is 3.33. The Morgan fingerprint density at radius 1 is 1.45 bits per heavy atom. The lowest BCUT2D eigenvalue weighted by Gasteiger charge is -2.16. The van der Waals surface area contributed by atoms with Crippen molar-refractivity contribution in [3.63, 3.8) is 0 Å². The number of nitro groups is 1. The number of aryl methyl sites for hydroxylation is 1. The molecule has 0 saturated carbocycles. The van der Waals surface area contributed by atoms with Crippen molar-refractivity contribution >= 4 is 11.6 Å². The summed E-state index contributed by atoms with van der Waals surface area (Å²) in [6.07, 6.45) is 3.04. The lowest BCUT2D eigenvalue weighted by molar-refractivity contribution is -0.385. The van der Waals surface area contributed by atoms with Crippen LogP contribution in [0.1, 0.15) is 35.2 Å². The number of para-hydroxylation sites is 1. The molecule has 1 aliphatic rings. The molecular formula is C14H19N3O3.